The van der Waals surface area contributed by atoms with Crippen LogP contribution in [0.4, 0.5) is 0 Å². The first kappa shape index (κ1) is 11.5. The average Bonchev–Trinajstić information content (AvgIpc) is 2.06. The van der Waals surface area contributed by atoms with E-state index in [1.54, 1.807) is 18.2 Å². The molecule has 0 N–H and O–H groups in total. The zero-order chi connectivity index (χ0) is 10.8. The minimum Gasteiger partial charge on any atom is -0.212 e. The molecule has 1 aromatic rings. The Morgan fingerprint density at radius 1 is 1.50 bits per heavy atom. The van der Waals surface area contributed by atoms with E-state index in [1.807, 2.05) is 6.07 Å². The molecule has 0 aliphatic rings. The molecule has 0 aromatic heterocycles. The van der Waals surface area contributed by atoms with Crippen molar-refractivity contribution in [1.29, 1.82) is 5.26 Å². The molecule has 0 atom stereocenters. The predicted octanol–water partition coefficient (Wildman–Crippen LogP) is 2.39. The molecule has 0 fully saturated rings. The fourth-order valence-corrected chi connectivity index (χ4v) is 2.30. The average molecular weight is 295 g/mol. The van der Waals surface area contributed by atoms with Crippen molar-refractivity contribution in [1.82, 2.24) is 0 Å². The first-order chi connectivity index (χ1) is 6.42. The Morgan fingerprint density at radius 3 is 2.64 bits per heavy atom. The highest BCUT2D eigenvalue weighted by Crippen LogP contribution is 2.19. The number of hydrogen-bond donors (Lipinski definition) is 0. The maximum absolute atomic E-state index is 10.8. The number of nitriles is 1. The number of benzene rings is 1. The quantitative estimate of drug-likeness (QED) is 0.787. The van der Waals surface area contributed by atoms with Crippen LogP contribution in [-0.2, 0) is 14.8 Å². The second kappa shape index (κ2) is 4.30. The molecule has 74 valence electrons. The molecule has 0 bridgehead atoms. The summed E-state index contributed by atoms with van der Waals surface area (Å²) < 4.78 is 22.3. The van der Waals surface area contributed by atoms with Crippen molar-refractivity contribution in [2.24, 2.45) is 0 Å². The smallest absolute Gasteiger partial charge is 0.212 e. The van der Waals surface area contributed by atoms with Crippen molar-refractivity contribution in [3.05, 3.63) is 33.8 Å². The van der Waals surface area contributed by atoms with Crippen LogP contribution in [0.25, 0.3) is 0 Å². The van der Waals surface area contributed by atoms with Crippen molar-refractivity contribution < 1.29 is 8.42 Å². The van der Waals surface area contributed by atoms with E-state index < -0.39 is 9.05 Å². The molecule has 6 heteroatoms. The minimum absolute atomic E-state index is 0.309. The van der Waals surface area contributed by atoms with E-state index in [1.165, 1.54) is 0 Å². The third-order valence-corrected chi connectivity index (χ3v) is 3.00. The Kier molecular flexibility index (Phi) is 3.53. The SMILES string of the molecule is N#Cc1cc(Br)ccc1CS(=O)(=O)Cl. The van der Waals surface area contributed by atoms with Crippen LogP contribution >= 0.6 is 26.6 Å². The van der Waals surface area contributed by atoms with Crippen molar-refractivity contribution in [2.45, 2.75) is 5.75 Å². The van der Waals surface area contributed by atoms with E-state index in [2.05, 4.69) is 15.9 Å². The molecule has 1 aromatic carbocycles. The summed E-state index contributed by atoms with van der Waals surface area (Å²) in [5, 5.41) is 8.73. The summed E-state index contributed by atoms with van der Waals surface area (Å²) in [5.41, 5.74) is 0.717. The van der Waals surface area contributed by atoms with Gasteiger partial charge in [0.25, 0.3) is 0 Å². The lowest BCUT2D eigenvalue weighted by atomic mass is 10.1. The van der Waals surface area contributed by atoms with E-state index in [9.17, 15) is 8.42 Å². The fourth-order valence-electron chi connectivity index (χ4n) is 0.964. The van der Waals surface area contributed by atoms with Crippen molar-refractivity contribution >= 4 is 35.7 Å². The topological polar surface area (TPSA) is 57.9 Å². The highest BCUT2D eigenvalue weighted by molar-refractivity contribution is 9.10. The molecule has 0 aliphatic carbocycles. The molecule has 0 spiro atoms. The van der Waals surface area contributed by atoms with Crippen LogP contribution in [0.3, 0.4) is 0 Å². The summed E-state index contributed by atoms with van der Waals surface area (Å²) >= 11 is 3.18. The molecule has 0 heterocycles. The second-order valence-corrected chi connectivity index (χ2v) is 6.29. The van der Waals surface area contributed by atoms with E-state index in [-0.39, 0.29) is 5.75 Å². The Bertz CT molecular complexity index is 493. The molecular formula is C8H5BrClNO2S. The fraction of sp³-hybridized carbons (Fsp3) is 0.125. The van der Waals surface area contributed by atoms with Crippen LogP contribution in [0.5, 0.6) is 0 Å². The van der Waals surface area contributed by atoms with Gasteiger partial charge in [0.15, 0.2) is 0 Å². The van der Waals surface area contributed by atoms with Gasteiger partial charge in [-0.3, -0.25) is 0 Å². The first-order valence-electron chi connectivity index (χ1n) is 3.53. The van der Waals surface area contributed by atoms with Gasteiger partial charge in [-0.15, -0.1) is 0 Å². The summed E-state index contributed by atoms with van der Waals surface area (Å²) in [6.45, 7) is 0. The van der Waals surface area contributed by atoms with Gasteiger partial charge in [-0.05, 0) is 17.7 Å². The monoisotopic (exact) mass is 293 g/mol. The van der Waals surface area contributed by atoms with Crippen LogP contribution in [0, 0.1) is 11.3 Å². The van der Waals surface area contributed by atoms with Gasteiger partial charge < -0.3 is 0 Å². The Hall–Kier alpha value is -0.570. The van der Waals surface area contributed by atoms with Crippen LogP contribution in [-0.4, -0.2) is 8.42 Å². The van der Waals surface area contributed by atoms with Crippen LogP contribution < -0.4 is 0 Å². The highest BCUT2D eigenvalue weighted by Gasteiger charge is 2.11. The molecule has 0 aliphatic heterocycles. The maximum Gasteiger partial charge on any atom is 0.236 e. The van der Waals surface area contributed by atoms with Gasteiger partial charge in [-0.2, -0.15) is 5.26 Å². The zero-order valence-corrected chi connectivity index (χ0v) is 10.0. The number of rotatable bonds is 2. The van der Waals surface area contributed by atoms with Gasteiger partial charge >= 0.3 is 0 Å². The molecule has 0 saturated heterocycles. The molecule has 3 nitrogen and oxygen atoms in total. The first-order valence-corrected chi connectivity index (χ1v) is 6.80. The summed E-state index contributed by atoms with van der Waals surface area (Å²) in [6, 6.07) is 6.68. The van der Waals surface area contributed by atoms with E-state index in [4.69, 9.17) is 15.9 Å². The van der Waals surface area contributed by atoms with Crippen molar-refractivity contribution in [3.8, 4) is 6.07 Å². The largest absolute Gasteiger partial charge is 0.236 e. The van der Waals surface area contributed by atoms with Gasteiger partial charge in [0.1, 0.15) is 0 Å². The summed E-state index contributed by atoms with van der Waals surface area (Å²) in [4.78, 5) is 0. The lowest BCUT2D eigenvalue weighted by Crippen LogP contribution is -1.97. The molecule has 0 radical (unpaired) electrons. The molecule has 0 amide bonds. The number of nitrogens with zero attached hydrogens (tertiary/aromatic N) is 1. The predicted molar refractivity (Wildman–Crippen MR) is 57.3 cm³/mol. The Morgan fingerprint density at radius 2 is 2.14 bits per heavy atom. The summed E-state index contributed by atoms with van der Waals surface area (Å²) in [6.07, 6.45) is 0. The van der Waals surface area contributed by atoms with Crippen molar-refractivity contribution in [3.63, 3.8) is 0 Å². The van der Waals surface area contributed by atoms with Crippen LogP contribution in [0.2, 0.25) is 0 Å². The van der Waals surface area contributed by atoms with Gasteiger partial charge in [-0.1, -0.05) is 22.0 Å². The van der Waals surface area contributed by atoms with Crippen LogP contribution in [0.1, 0.15) is 11.1 Å². The summed E-state index contributed by atoms with van der Waals surface area (Å²) in [7, 11) is 1.47. The highest BCUT2D eigenvalue weighted by atomic mass is 79.9. The maximum atomic E-state index is 10.8. The van der Waals surface area contributed by atoms with Gasteiger partial charge in [0.05, 0.1) is 17.4 Å². The second-order valence-electron chi connectivity index (χ2n) is 2.60. The lowest BCUT2D eigenvalue weighted by molar-refractivity contribution is 0.609. The molecule has 14 heavy (non-hydrogen) atoms. The summed E-state index contributed by atoms with van der Waals surface area (Å²) in [5.74, 6) is -0.329. The third kappa shape index (κ3) is 3.29. The normalized spacial score (nSPS) is 10.9. The molecule has 0 saturated carbocycles. The van der Waals surface area contributed by atoms with E-state index in [0.29, 0.717) is 11.1 Å². The van der Waals surface area contributed by atoms with Gasteiger partial charge in [0, 0.05) is 15.2 Å². The van der Waals surface area contributed by atoms with E-state index >= 15 is 0 Å². The molecular weight excluding hydrogens is 290 g/mol. The Labute approximate surface area is 94.9 Å². The van der Waals surface area contributed by atoms with E-state index in [0.717, 1.165) is 4.47 Å². The molecule has 0 unspecified atom stereocenters. The van der Waals surface area contributed by atoms with Gasteiger partial charge in [0.2, 0.25) is 9.05 Å². The Balaban J connectivity index is 3.17. The van der Waals surface area contributed by atoms with Crippen molar-refractivity contribution in [2.75, 3.05) is 0 Å². The number of hydrogen-bond acceptors (Lipinski definition) is 3. The van der Waals surface area contributed by atoms with Gasteiger partial charge in [-0.25, -0.2) is 8.42 Å². The molecule has 1 rings (SSSR count). The standard InChI is InChI=1S/C8H5BrClNO2S/c9-8-2-1-6(5-14(10,12)13)7(3-8)4-11/h1-3H,5H2. The zero-order valence-electron chi connectivity index (χ0n) is 6.87. The lowest BCUT2D eigenvalue weighted by Gasteiger charge is -2.01. The third-order valence-electron chi connectivity index (χ3n) is 1.52. The minimum atomic E-state index is -3.62. The number of halogens is 2. The van der Waals surface area contributed by atoms with Crippen LogP contribution in [0.15, 0.2) is 22.7 Å².